The summed E-state index contributed by atoms with van der Waals surface area (Å²) in [5.41, 5.74) is 37.5. The van der Waals surface area contributed by atoms with Crippen LogP contribution in [0.5, 0.6) is 0 Å². The van der Waals surface area contributed by atoms with Gasteiger partial charge in [-0.25, -0.2) is 0 Å². The monoisotopic (exact) mass is 269 g/mol. The maximum Gasteiger partial charge on any atom is 0.180 e. The van der Waals surface area contributed by atoms with Gasteiger partial charge in [-0.2, -0.15) is 0 Å². The molecule has 21 heavy (non-hydrogen) atoms. The third-order valence-electron chi connectivity index (χ3n) is 1.81. The van der Waals surface area contributed by atoms with Crippen molar-refractivity contribution >= 4 is 5.78 Å². The molecule has 0 bridgehead atoms. The van der Waals surface area contributed by atoms with Crippen molar-refractivity contribution in [1.29, 1.82) is 0 Å². The van der Waals surface area contributed by atoms with E-state index in [-0.39, 0.29) is 5.78 Å². The lowest BCUT2D eigenvalue weighted by molar-refractivity contribution is -0.115. The Bertz CT molecular complexity index is 882. The highest BCUT2D eigenvalue weighted by molar-refractivity contribution is 5.93. The molecule has 0 aliphatic rings. The molecule has 0 radical (unpaired) electrons. The van der Waals surface area contributed by atoms with E-state index in [1.54, 1.807) is 0 Å². The van der Waals surface area contributed by atoms with E-state index in [4.69, 9.17) is 5.73 Å². The number of carbonyl (C=O) groups excluding carboxylic acids is 1. The van der Waals surface area contributed by atoms with Gasteiger partial charge in [-0.05, 0) is 76.0 Å². The molecule has 0 aromatic carbocycles. The lowest BCUT2D eigenvalue weighted by atomic mass is 10.1. The lowest BCUT2D eigenvalue weighted by Gasteiger charge is -1.99. The number of ketones is 1. The standard InChI is InChI=1S/C19H11NO/c1-3-5-6-7-8-9-10-11-12-13-14-15-16-17-19(21)18(20)4-2/h17-18H,1,4,20H2,2H3/t18-/m0/s1. The summed E-state index contributed by atoms with van der Waals surface area (Å²) in [5.74, 6) is -0.209. The minimum atomic E-state index is -0.502. The van der Waals surface area contributed by atoms with Crippen LogP contribution in [0.2, 0.25) is 0 Å². The van der Waals surface area contributed by atoms with Crippen LogP contribution < -0.4 is 5.73 Å². The van der Waals surface area contributed by atoms with Crippen LogP contribution in [0, 0.1) is 0 Å². The molecular weight excluding hydrogens is 258 g/mol. The van der Waals surface area contributed by atoms with Crippen molar-refractivity contribution in [2.24, 2.45) is 5.73 Å². The first kappa shape index (κ1) is 17.5. The minimum Gasteiger partial charge on any atom is -0.321 e. The molecule has 2 N–H and O–H groups in total. The second-order valence-corrected chi connectivity index (χ2v) is 3.26. The predicted molar refractivity (Wildman–Crippen MR) is 79.1 cm³/mol. The van der Waals surface area contributed by atoms with Crippen LogP contribution in [0.1, 0.15) is 13.3 Å². The Hall–Kier alpha value is -3.49. The number of hydrogen-bond acceptors (Lipinski definition) is 2. The molecule has 0 saturated carbocycles. The zero-order valence-corrected chi connectivity index (χ0v) is 11.6. The summed E-state index contributed by atoms with van der Waals surface area (Å²) in [6.07, 6.45) is 1.79. The van der Waals surface area contributed by atoms with E-state index in [1.807, 2.05) is 6.92 Å². The molecule has 0 saturated heterocycles. The van der Waals surface area contributed by atoms with Gasteiger partial charge in [-0.15, -0.1) is 0 Å². The van der Waals surface area contributed by atoms with Gasteiger partial charge >= 0.3 is 0 Å². The van der Waals surface area contributed by atoms with Gasteiger partial charge in [0.25, 0.3) is 0 Å². The average molecular weight is 269 g/mol. The lowest BCUT2D eigenvalue weighted by Crippen LogP contribution is -2.27. The second-order valence-electron chi connectivity index (χ2n) is 3.26. The molecular formula is C19H11NO. The van der Waals surface area contributed by atoms with E-state index in [9.17, 15) is 4.79 Å². The Balaban J connectivity index is 5.39. The van der Waals surface area contributed by atoms with Crippen LogP contribution >= 0.6 is 0 Å². The first-order valence-electron chi connectivity index (χ1n) is 5.87. The Morgan fingerprint density at radius 3 is 1.81 bits per heavy atom. The van der Waals surface area contributed by atoms with Crippen LogP contribution in [0.25, 0.3) is 0 Å². The maximum atomic E-state index is 11.3. The van der Waals surface area contributed by atoms with Crippen molar-refractivity contribution in [2.75, 3.05) is 0 Å². The highest BCUT2D eigenvalue weighted by atomic mass is 16.1. The average Bonchev–Trinajstić information content (AvgIpc) is 2.50. The third kappa shape index (κ3) is 11.3. The Kier molecular flexibility index (Phi) is 10.8. The van der Waals surface area contributed by atoms with E-state index in [1.165, 1.54) is 6.08 Å². The van der Waals surface area contributed by atoms with E-state index < -0.39 is 6.04 Å². The van der Waals surface area contributed by atoms with Gasteiger partial charge < -0.3 is 5.73 Å². The topological polar surface area (TPSA) is 43.1 Å². The van der Waals surface area contributed by atoms with E-state index in [2.05, 4.69) is 81.1 Å². The summed E-state index contributed by atoms with van der Waals surface area (Å²) in [6, 6.07) is -0.502. The summed E-state index contributed by atoms with van der Waals surface area (Å²) in [4.78, 5) is 11.3. The van der Waals surface area contributed by atoms with Crippen LogP contribution in [-0.2, 0) is 4.79 Å². The van der Waals surface area contributed by atoms with Gasteiger partial charge in [0, 0.05) is 6.08 Å². The molecule has 0 aromatic rings. The molecule has 0 aromatic heterocycles. The van der Waals surface area contributed by atoms with Gasteiger partial charge in [0.1, 0.15) is 0 Å². The molecule has 98 valence electrons. The molecule has 0 amide bonds. The molecule has 1 atom stereocenters. The summed E-state index contributed by atoms with van der Waals surface area (Å²) >= 11 is 0. The molecule has 0 aliphatic heterocycles. The zero-order chi connectivity index (χ0) is 15.8. The normalized spacial score (nSPS) is 7.33. The first-order valence-corrected chi connectivity index (χ1v) is 5.87. The van der Waals surface area contributed by atoms with Crippen LogP contribution in [0.15, 0.2) is 87.2 Å². The third-order valence-corrected chi connectivity index (χ3v) is 1.81. The van der Waals surface area contributed by atoms with E-state index in [0.29, 0.717) is 6.42 Å². The van der Waals surface area contributed by atoms with Crippen molar-refractivity contribution in [1.82, 2.24) is 0 Å². The Labute approximate surface area is 123 Å². The smallest absolute Gasteiger partial charge is 0.180 e. The Morgan fingerprint density at radius 2 is 1.38 bits per heavy atom. The summed E-state index contributed by atoms with van der Waals surface area (Å²) in [5, 5.41) is 0. The molecule has 0 heterocycles. The van der Waals surface area contributed by atoms with Gasteiger partial charge in [-0.1, -0.05) is 18.4 Å². The van der Waals surface area contributed by atoms with Gasteiger partial charge in [0.05, 0.1) is 6.04 Å². The van der Waals surface area contributed by atoms with Crippen molar-refractivity contribution in [3.63, 3.8) is 0 Å². The number of nitrogens with two attached hydrogens (primary N) is 1. The molecule has 0 fully saturated rings. The summed E-state index contributed by atoms with van der Waals surface area (Å²) < 4.78 is 0. The fraction of sp³-hybridized carbons (Fsp3) is 0.158. The quantitative estimate of drug-likeness (QED) is 0.632. The molecule has 0 rings (SSSR count). The van der Waals surface area contributed by atoms with E-state index in [0.717, 1.165) is 0 Å². The minimum absolute atomic E-state index is 0.209. The maximum absolute atomic E-state index is 11.3. The van der Waals surface area contributed by atoms with Crippen molar-refractivity contribution in [3.05, 3.63) is 87.2 Å². The molecule has 0 unspecified atom stereocenters. The largest absolute Gasteiger partial charge is 0.321 e. The molecule has 0 aliphatic carbocycles. The molecule has 2 nitrogen and oxygen atoms in total. The fourth-order valence-corrected chi connectivity index (χ4v) is 0.777. The Morgan fingerprint density at radius 1 is 0.952 bits per heavy atom. The number of carbonyl (C=O) groups is 1. The molecule has 0 spiro atoms. The number of hydrogen-bond donors (Lipinski definition) is 1. The van der Waals surface area contributed by atoms with Gasteiger partial charge in [0.15, 0.2) is 5.78 Å². The highest BCUT2D eigenvalue weighted by Gasteiger charge is 2.05. The van der Waals surface area contributed by atoms with Crippen LogP contribution in [-0.4, -0.2) is 11.8 Å². The highest BCUT2D eigenvalue weighted by Crippen LogP contribution is 1.88. The van der Waals surface area contributed by atoms with Crippen molar-refractivity contribution in [2.45, 2.75) is 19.4 Å². The van der Waals surface area contributed by atoms with E-state index >= 15 is 0 Å². The summed E-state index contributed by atoms with van der Waals surface area (Å²) in [6.45, 7) is 5.12. The molecule has 2 heteroatoms. The predicted octanol–water partition coefficient (Wildman–Crippen LogP) is 2.50. The summed E-state index contributed by atoms with van der Waals surface area (Å²) in [7, 11) is 0. The van der Waals surface area contributed by atoms with Crippen molar-refractivity contribution < 1.29 is 4.79 Å². The zero-order valence-electron chi connectivity index (χ0n) is 11.6. The second kappa shape index (κ2) is 13.0. The van der Waals surface area contributed by atoms with Gasteiger partial charge in [-0.3, -0.25) is 4.79 Å². The first-order chi connectivity index (χ1) is 10.2. The SMILES string of the molecule is C=C=C=C=C=C=C=C=C=C=C=C=C=C=CC(=O)[C@@H](N)CC. The van der Waals surface area contributed by atoms with Crippen LogP contribution in [0.4, 0.5) is 0 Å². The fourth-order valence-electron chi connectivity index (χ4n) is 0.777. The van der Waals surface area contributed by atoms with Crippen molar-refractivity contribution in [3.8, 4) is 0 Å². The number of rotatable bonds is 3. The van der Waals surface area contributed by atoms with Gasteiger partial charge in [0.2, 0.25) is 0 Å². The van der Waals surface area contributed by atoms with Crippen LogP contribution in [0.3, 0.4) is 0 Å².